The molecular formula is C18H28N2. The van der Waals surface area contributed by atoms with Crippen molar-refractivity contribution in [1.82, 2.24) is 4.90 Å². The lowest BCUT2D eigenvalue weighted by molar-refractivity contribution is 0.213. The van der Waals surface area contributed by atoms with Gasteiger partial charge in [-0.25, -0.2) is 0 Å². The number of nitrogens with zero attached hydrogens (tertiary/aromatic N) is 1. The number of anilines is 1. The Morgan fingerprint density at radius 1 is 1.10 bits per heavy atom. The van der Waals surface area contributed by atoms with Crippen molar-refractivity contribution in [2.45, 2.75) is 64.0 Å². The van der Waals surface area contributed by atoms with E-state index in [4.69, 9.17) is 0 Å². The van der Waals surface area contributed by atoms with Gasteiger partial charge in [0, 0.05) is 24.8 Å². The van der Waals surface area contributed by atoms with Crippen molar-refractivity contribution in [3.63, 3.8) is 0 Å². The van der Waals surface area contributed by atoms with Crippen LogP contribution in [0.25, 0.3) is 0 Å². The van der Waals surface area contributed by atoms with E-state index in [1.807, 2.05) is 0 Å². The topological polar surface area (TPSA) is 15.3 Å². The quantitative estimate of drug-likeness (QED) is 0.830. The fraction of sp³-hybridized carbons (Fsp3) is 0.667. The van der Waals surface area contributed by atoms with Gasteiger partial charge in [0.2, 0.25) is 0 Å². The van der Waals surface area contributed by atoms with Crippen LogP contribution in [0.4, 0.5) is 5.69 Å². The van der Waals surface area contributed by atoms with Crippen LogP contribution >= 0.6 is 0 Å². The standard InChI is InChI=1S/C18H28N2/c1-20(17-8-4-2-3-5-9-17)14-15-10-11-18-16(13-15)7-6-12-19-18/h10-11,13,17,19H,2-9,12,14H2,1H3. The summed E-state index contributed by atoms with van der Waals surface area (Å²) in [6.45, 7) is 2.24. The van der Waals surface area contributed by atoms with E-state index in [2.05, 4.69) is 35.5 Å². The van der Waals surface area contributed by atoms with E-state index in [-0.39, 0.29) is 0 Å². The van der Waals surface area contributed by atoms with Gasteiger partial charge >= 0.3 is 0 Å². The molecule has 0 atom stereocenters. The third kappa shape index (κ3) is 3.35. The number of aryl methyl sites for hydroxylation is 1. The first-order chi connectivity index (χ1) is 9.83. The molecule has 1 N–H and O–H groups in total. The molecule has 0 aromatic heterocycles. The highest BCUT2D eigenvalue weighted by atomic mass is 15.1. The molecule has 1 aliphatic heterocycles. The number of hydrogen-bond donors (Lipinski definition) is 1. The normalized spacial score (nSPS) is 20.3. The van der Waals surface area contributed by atoms with Crippen LogP contribution in [0.3, 0.4) is 0 Å². The first kappa shape index (κ1) is 13.9. The average Bonchev–Trinajstić information content (AvgIpc) is 2.76. The first-order valence-electron chi connectivity index (χ1n) is 8.39. The number of benzene rings is 1. The predicted molar refractivity (Wildman–Crippen MR) is 86.2 cm³/mol. The molecule has 0 bridgehead atoms. The molecule has 0 radical (unpaired) electrons. The van der Waals surface area contributed by atoms with Crippen LogP contribution in [0.15, 0.2) is 18.2 Å². The molecule has 2 heteroatoms. The Hall–Kier alpha value is -1.02. The Balaban J connectivity index is 1.64. The maximum atomic E-state index is 3.50. The summed E-state index contributed by atoms with van der Waals surface area (Å²) < 4.78 is 0. The summed E-state index contributed by atoms with van der Waals surface area (Å²) in [6, 6.07) is 7.82. The predicted octanol–water partition coefficient (Wildman–Crippen LogP) is 4.20. The van der Waals surface area contributed by atoms with Gasteiger partial charge in [0.05, 0.1) is 0 Å². The second kappa shape index (κ2) is 6.62. The summed E-state index contributed by atoms with van der Waals surface area (Å²) in [6.07, 6.45) is 11.0. The number of nitrogens with one attached hydrogen (secondary N) is 1. The van der Waals surface area contributed by atoms with Gasteiger partial charge in [0.15, 0.2) is 0 Å². The molecule has 0 amide bonds. The molecule has 0 spiro atoms. The lowest BCUT2D eigenvalue weighted by Gasteiger charge is -2.28. The molecule has 20 heavy (non-hydrogen) atoms. The van der Waals surface area contributed by atoms with Crippen LogP contribution in [0.5, 0.6) is 0 Å². The minimum atomic E-state index is 0.798. The Kier molecular flexibility index (Phi) is 4.62. The maximum Gasteiger partial charge on any atom is 0.0372 e. The minimum Gasteiger partial charge on any atom is -0.385 e. The van der Waals surface area contributed by atoms with Crippen LogP contribution in [0.1, 0.15) is 56.1 Å². The van der Waals surface area contributed by atoms with E-state index in [1.165, 1.54) is 68.2 Å². The van der Waals surface area contributed by atoms with Gasteiger partial charge in [-0.05, 0) is 49.9 Å². The molecule has 1 aromatic carbocycles. The summed E-state index contributed by atoms with van der Waals surface area (Å²) in [5.41, 5.74) is 4.36. The highest BCUT2D eigenvalue weighted by molar-refractivity contribution is 5.54. The van der Waals surface area contributed by atoms with Gasteiger partial charge in [-0.15, -0.1) is 0 Å². The van der Waals surface area contributed by atoms with E-state index in [0.717, 1.165) is 19.1 Å². The van der Waals surface area contributed by atoms with Gasteiger partial charge in [0.25, 0.3) is 0 Å². The molecule has 2 nitrogen and oxygen atoms in total. The van der Waals surface area contributed by atoms with Crippen molar-refractivity contribution < 1.29 is 0 Å². The second-order valence-corrected chi connectivity index (χ2v) is 6.58. The minimum absolute atomic E-state index is 0.798. The van der Waals surface area contributed by atoms with E-state index in [9.17, 15) is 0 Å². The molecule has 2 aliphatic rings. The average molecular weight is 272 g/mol. The molecule has 0 saturated heterocycles. The monoisotopic (exact) mass is 272 g/mol. The van der Waals surface area contributed by atoms with E-state index >= 15 is 0 Å². The largest absolute Gasteiger partial charge is 0.385 e. The zero-order valence-electron chi connectivity index (χ0n) is 12.8. The Bertz CT molecular complexity index is 433. The van der Waals surface area contributed by atoms with Gasteiger partial charge in [0.1, 0.15) is 0 Å². The summed E-state index contributed by atoms with van der Waals surface area (Å²) in [7, 11) is 2.31. The van der Waals surface area contributed by atoms with Gasteiger partial charge in [-0.2, -0.15) is 0 Å². The van der Waals surface area contributed by atoms with E-state index in [0.29, 0.717) is 0 Å². The van der Waals surface area contributed by atoms with Crippen LogP contribution in [-0.4, -0.2) is 24.5 Å². The van der Waals surface area contributed by atoms with Crippen molar-refractivity contribution in [2.24, 2.45) is 0 Å². The lowest BCUT2D eigenvalue weighted by atomic mass is 10.00. The molecule has 1 aliphatic carbocycles. The second-order valence-electron chi connectivity index (χ2n) is 6.58. The molecule has 110 valence electrons. The van der Waals surface area contributed by atoms with E-state index in [1.54, 1.807) is 0 Å². The fourth-order valence-corrected chi connectivity index (χ4v) is 3.74. The third-order valence-electron chi connectivity index (χ3n) is 4.99. The highest BCUT2D eigenvalue weighted by Crippen LogP contribution is 2.25. The smallest absolute Gasteiger partial charge is 0.0372 e. The highest BCUT2D eigenvalue weighted by Gasteiger charge is 2.17. The Labute approximate surface area is 123 Å². The number of fused-ring (bicyclic) bond motifs is 1. The summed E-state index contributed by atoms with van der Waals surface area (Å²) in [5, 5.41) is 3.50. The summed E-state index contributed by atoms with van der Waals surface area (Å²) in [5.74, 6) is 0. The molecule has 1 fully saturated rings. The molecular weight excluding hydrogens is 244 g/mol. The SMILES string of the molecule is CN(Cc1ccc2c(c1)CCCN2)C1CCCCCC1. The van der Waals surface area contributed by atoms with Crippen molar-refractivity contribution >= 4 is 5.69 Å². The lowest BCUT2D eigenvalue weighted by Crippen LogP contribution is -2.30. The molecule has 1 saturated carbocycles. The zero-order chi connectivity index (χ0) is 13.8. The van der Waals surface area contributed by atoms with Crippen LogP contribution in [0.2, 0.25) is 0 Å². The van der Waals surface area contributed by atoms with Crippen LogP contribution in [-0.2, 0) is 13.0 Å². The van der Waals surface area contributed by atoms with Gasteiger partial charge in [-0.3, -0.25) is 4.90 Å². The van der Waals surface area contributed by atoms with E-state index < -0.39 is 0 Å². The number of hydrogen-bond acceptors (Lipinski definition) is 2. The maximum absolute atomic E-state index is 3.50. The molecule has 1 heterocycles. The zero-order valence-corrected chi connectivity index (χ0v) is 12.8. The van der Waals surface area contributed by atoms with Crippen molar-refractivity contribution in [3.8, 4) is 0 Å². The van der Waals surface area contributed by atoms with Crippen LogP contribution in [0, 0.1) is 0 Å². The summed E-state index contributed by atoms with van der Waals surface area (Å²) >= 11 is 0. The van der Waals surface area contributed by atoms with Crippen molar-refractivity contribution in [2.75, 3.05) is 18.9 Å². The van der Waals surface area contributed by atoms with Gasteiger partial charge < -0.3 is 5.32 Å². The van der Waals surface area contributed by atoms with Crippen molar-refractivity contribution in [3.05, 3.63) is 29.3 Å². The van der Waals surface area contributed by atoms with Crippen LogP contribution < -0.4 is 5.32 Å². The molecule has 1 aromatic rings. The first-order valence-corrected chi connectivity index (χ1v) is 8.39. The Morgan fingerprint density at radius 2 is 1.90 bits per heavy atom. The fourth-order valence-electron chi connectivity index (χ4n) is 3.74. The molecule has 0 unspecified atom stereocenters. The number of rotatable bonds is 3. The third-order valence-corrected chi connectivity index (χ3v) is 4.99. The van der Waals surface area contributed by atoms with Gasteiger partial charge in [-0.1, -0.05) is 37.8 Å². The Morgan fingerprint density at radius 3 is 2.70 bits per heavy atom. The van der Waals surface area contributed by atoms with Crippen molar-refractivity contribution in [1.29, 1.82) is 0 Å². The summed E-state index contributed by atoms with van der Waals surface area (Å²) in [4.78, 5) is 2.59. The molecule has 3 rings (SSSR count).